The number of H-pyrrole nitrogens is 1. The number of aromatic nitrogens is 2. The van der Waals surface area contributed by atoms with Crippen LogP contribution in [0, 0.1) is 0 Å². The van der Waals surface area contributed by atoms with Crippen molar-refractivity contribution < 1.29 is 4.74 Å². The highest BCUT2D eigenvalue weighted by Gasteiger charge is 2.03. The molecular formula is C13H17N3O. The predicted octanol–water partition coefficient (Wildman–Crippen LogP) is 2.32. The van der Waals surface area contributed by atoms with Crippen molar-refractivity contribution in [3.8, 4) is 17.1 Å². The van der Waals surface area contributed by atoms with Crippen LogP contribution in [0.5, 0.6) is 5.75 Å². The quantitative estimate of drug-likeness (QED) is 0.830. The summed E-state index contributed by atoms with van der Waals surface area (Å²) in [5.41, 5.74) is 7.48. The number of nitrogens with two attached hydrogens (primary N) is 1. The largest absolute Gasteiger partial charge is 0.494 e. The van der Waals surface area contributed by atoms with Crippen LogP contribution in [0.4, 0.5) is 0 Å². The standard InChI is InChI=1S/C13H17N3O/c1-2-6-17-12-5-3-4-10(7-12)13-15-9-11(8-14)16-13/h3-5,7,9H,2,6,8,14H2,1H3,(H,15,16). The van der Waals surface area contributed by atoms with Crippen LogP contribution in [0.2, 0.25) is 0 Å². The molecule has 0 atom stereocenters. The van der Waals surface area contributed by atoms with Crippen LogP contribution in [0.3, 0.4) is 0 Å². The zero-order chi connectivity index (χ0) is 12.1. The van der Waals surface area contributed by atoms with Crippen LogP contribution in [0.1, 0.15) is 19.0 Å². The second-order valence-corrected chi connectivity index (χ2v) is 3.84. The number of ether oxygens (including phenoxy) is 1. The van der Waals surface area contributed by atoms with Crippen LogP contribution in [-0.2, 0) is 6.54 Å². The second-order valence-electron chi connectivity index (χ2n) is 3.84. The Hall–Kier alpha value is -1.81. The topological polar surface area (TPSA) is 63.9 Å². The van der Waals surface area contributed by atoms with E-state index >= 15 is 0 Å². The lowest BCUT2D eigenvalue weighted by molar-refractivity contribution is 0.317. The zero-order valence-corrected chi connectivity index (χ0v) is 9.94. The van der Waals surface area contributed by atoms with Gasteiger partial charge >= 0.3 is 0 Å². The average Bonchev–Trinajstić information content (AvgIpc) is 2.85. The smallest absolute Gasteiger partial charge is 0.137 e. The first kappa shape index (κ1) is 11.7. The molecule has 1 aromatic heterocycles. The lowest BCUT2D eigenvalue weighted by Gasteiger charge is -2.05. The Morgan fingerprint density at radius 2 is 2.29 bits per heavy atom. The van der Waals surface area contributed by atoms with E-state index in [1.165, 1.54) is 0 Å². The molecule has 0 aliphatic rings. The van der Waals surface area contributed by atoms with Gasteiger partial charge in [-0.15, -0.1) is 0 Å². The Kier molecular flexibility index (Phi) is 3.77. The van der Waals surface area contributed by atoms with Gasteiger partial charge in [0.25, 0.3) is 0 Å². The summed E-state index contributed by atoms with van der Waals surface area (Å²) in [6.45, 7) is 3.29. The van der Waals surface area contributed by atoms with E-state index in [-0.39, 0.29) is 0 Å². The van der Waals surface area contributed by atoms with Crippen molar-refractivity contribution in [1.29, 1.82) is 0 Å². The minimum absolute atomic E-state index is 0.471. The van der Waals surface area contributed by atoms with Gasteiger partial charge in [0.2, 0.25) is 0 Å². The molecule has 0 amide bonds. The molecule has 0 fully saturated rings. The molecule has 2 rings (SSSR count). The van der Waals surface area contributed by atoms with Gasteiger partial charge in [-0.1, -0.05) is 19.1 Å². The van der Waals surface area contributed by atoms with Crippen LogP contribution >= 0.6 is 0 Å². The highest BCUT2D eigenvalue weighted by Crippen LogP contribution is 2.21. The van der Waals surface area contributed by atoms with Crippen molar-refractivity contribution in [2.45, 2.75) is 19.9 Å². The maximum atomic E-state index is 5.58. The zero-order valence-electron chi connectivity index (χ0n) is 9.94. The van der Waals surface area contributed by atoms with Gasteiger partial charge in [0.1, 0.15) is 11.6 Å². The molecule has 0 spiro atoms. The van der Waals surface area contributed by atoms with Crippen molar-refractivity contribution in [2.75, 3.05) is 6.61 Å². The lowest BCUT2D eigenvalue weighted by atomic mass is 10.2. The van der Waals surface area contributed by atoms with E-state index in [1.54, 1.807) is 6.20 Å². The van der Waals surface area contributed by atoms with Crippen LogP contribution in [0.25, 0.3) is 11.4 Å². The third-order valence-corrected chi connectivity index (χ3v) is 2.43. The molecule has 4 nitrogen and oxygen atoms in total. The first-order chi connectivity index (χ1) is 8.33. The fourth-order valence-corrected chi connectivity index (χ4v) is 1.56. The fraction of sp³-hybridized carbons (Fsp3) is 0.308. The van der Waals surface area contributed by atoms with Gasteiger partial charge < -0.3 is 15.5 Å². The molecule has 0 saturated carbocycles. The SMILES string of the molecule is CCCOc1cccc(-c2ncc(CN)[nH]2)c1. The summed E-state index contributed by atoms with van der Waals surface area (Å²) < 4.78 is 5.58. The Balaban J connectivity index is 2.20. The summed E-state index contributed by atoms with van der Waals surface area (Å²) >= 11 is 0. The number of aromatic amines is 1. The molecule has 0 aliphatic carbocycles. The third-order valence-electron chi connectivity index (χ3n) is 2.43. The molecule has 0 bridgehead atoms. The first-order valence-electron chi connectivity index (χ1n) is 5.80. The summed E-state index contributed by atoms with van der Waals surface area (Å²) in [5, 5.41) is 0. The molecule has 0 unspecified atom stereocenters. The van der Waals surface area contributed by atoms with Gasteiger partial charge in [-0.05, 0) is 18.6 Å². The number of imidazole rings is 1. The maximum Gasteiger partial charge on any atom is 0.137 e. The van der Waals surface area contributed by atoms with Gasteiger partial charge in [-0.2, -0.15) is 0 Å². The van der Waals surface area contributed by atoms with Gasteiger partial charge in [-0.3, -0.25) is 0 Å². The molecule has 90 valence electrons. The Labute approximate surface area is 101 Å². The molecule has 4 heteroatoms. The summed E-state index contributed by atoms with van der Waals surface area (Å²) in [6, 6.07) is 7.89. The van der Waals surface area contributed by atoms with E-state index in [0.29, 0.717) is 6.54 Å². The number of benzene rings is 1. The average molecular weight is 231 g/mol. The molecule has 2 aromatic rings. The van der Waals surface area contributed by atoms with Gasteiger partial charge in [-0.25, -0.2) is 4.98 Å². The van der Waals surface area contributed by atoms with Gasteiger partial charge in [0, 0.05) is 24.0 Å². The number of nitrogens with zero attached hydrogens (tertiary/aromatic N) is 1. The Morgan fingerprint density at radius 1 is 1.41 bits per heavy atom. The molecule has 0 radical (unpaired) electrons. The minimum atomic E-state index is 0.471. The summed E-state index contributed by atoms with van der Waals surface area (Å²) in [6.07, 6.45) is 2.76. The van der Waals surface area contributed by atoms with Crippen molar-refractivity contribution in [2.24, 2.45) is 5.73 Å². The van der Waals surface area contributed by atoms with Crippen molar-refractivity contribution >= 4 is 0 Å². The molecule has 0 aliphatic heterocycles. The predicted molar refractivity (Wildman–Crippen MR) is 67.7 cm³/mol. The summed E-state index contributed by atoms with van der Waals surface area (Å²) in [5.74, 6) is 1.70. The van der Waals surface area contributed by atoms with Crippen molar-refractivity contribution in [3.05, 3.63) is 36.2 Å². The number of rotatable bonds is 5. The number of nitrogens with one attached hydrogen (secondary N) is 1. The molecule has 17 heavy (non-hydrogen) atoms. The van der Waals surface area contributed by atoms with E-state index in [1.807, 2.05) is 24.3 Å². The summed E-state index contributed by atoms with van der Waals surface area (Å²) in [4.78, 5) is 7.46. The molecule has 1 heterocycles. The van der Waals surface area contributed by atoms with E-state index in [9.17, 15) is 0 Å². The Morgan fingerprint density at radius 3 is 3.00 bits per heavy atom. The fourth-order valence-electron chi connectivity index (χ4n) is 1.56. The molecule has 1 aromatic carbocycles. The van der Waals surface area contributed by atoms with E-state index < -0.39 is 0 Å². The van der Waals surface area contributed by atoms with Crippen LogP contribution < -0.4 is 10.5 Å². The second kappa shape index (κ2) is 5.50. The molecular weight excluding hydrogens is 214 g/mol. The number of hydrogen-bond donors (Lipinski definition) is 2. The highest BCUT2D eigenvalue weighted by molar-refractivity contribution is 5.57. The lowest BCUT2D eigenvalue weighted by Crippen LogP contribution is -1.96. The normalized spacial score (nSPS) is 10.5. The van der Waals surface area contributed by atoms with Gasteiger partial charge in [0.15, 0.2) is 0 Å². The van der Waals surface area contributed by atoms with Crippen molar-refractivity contribution in [3.63, 3.8) is 0 Å². The monoisotopic (exact) mass is 231 g/mol. The Bertz CT molecular complexity index is 479. The molecule has 0 saturated heterocycles. The van der Waals surface area contributed by atoms with Crippen LogP contribution in [-0.4, -0.2) is 16.6 Å². The van der Waals surface area contributed by atoms with Crippen LogP contribution in [0.15, 0.2) is 30.5 Å². The first-order valence-corrected chi connectivity index (χ1v) is 5.80. The van der Waals surface area contributed by atoms with Crippen molar-refractivity contribution in [1.82, 2.24) is 9.97 Å². The number of hydrogen-bond acceptors (Lipinski definition) is 3. The highest BCUT2D eigenvalue weighted by atomic mass is 16.5. The van der Waals surface area contributed by atoms with E-state index in [2.05, 4.69) is 16.9 Å². The third kappa shape index (κ3) is 2.85. The summed E-state index contributed by atoms with van der Waals surface area (Å²) in [7, 11) is 0. The maximum absolute atomic E-state index is 5.58. The van der Waals surface area contributed by atoms with Gasteiger partial charge in [0.05, 0.1) is 6.61 Å². The van der Waals surface area contributed by atoms with E-state index in [0.717, 1.165) is 35.9 Å². The van der Waals surface area contributed by atoms with E-state index in [4.69, 9.17) is 10.5 Å². The minimum Gasteiger partial charge on any atom is -0.494 e. The molecule has 3 N–H and O–H groups in total.